The van der Waals surface area contributed by atoms with Crippen LogP contribution in [0, 0.1) is 5.21 Å². The van der Waals surface area contributed by atoms with Crippen LogP contribution in [0.5, 0.6) is 0 Å². The Morgan fingerprint density at radius 1 is 0.909 bits per heavy atom. The van der Waals surface area contributed by atoms with Crippen molar-refractivity contribution in [1.82, 2.24) is 0 Å². The van der Waals surface area contributed by atoms with Crippen LogP contribution in [0.3, 0.4) is 0 Å². The van der Waals surface area contributed by atoms with Gasteiger partial charge in [0.1, 0.15) is 0 Å². The highest BCUT2D eigenvalue weighted by molar-refractivity contribution is 5.98. The average Bonchev–Trinajstić information content (AvgIpc) is 2.88. The molecule has 1 aliphatic heterocycles. The fraction of sp³-hybridized carbons (Fsp3) is 0.235. The lowest BCUT2D eigenvalue weighted by atomic mass is 9.76. The smallest absolute Gasteiger partial charge is 0.405 e. The molecule has 0 unspecified atom stereocenters. The Morgan fingerprint density at radius 3 is 2.00 bits per heavy atom. The molecule has 3 rings (SSSR count). The molecule has 22 heavy (non-hydrogen) atoms. The second kappa shape index (κ2) is 5.16. The number of hydrogen-bond acceptors (Lipinski definition) is 1. The fourth-order valence-corrected chi connectivity index (χ4v) is 2.95. The SMILES string of the molecule is [O-][N+]1=C(c2ccccc2)C[C@](c2ccccc2)(C(F)(F)F)C1. The summed E-state index contributed by atoms with van der Waals surface area (Å²) in [6.45, 7) is -0.606. The molecule has 0 saturated carbocycles. The molecule has 0 fully saturated rings. The first-order valence-corrected chi connectivity index (χ1v) is 6.92. The molecule has 0 aromatic heterocycles. The summed E-state index contributed by atoms with van der Waals surface area (Å²) < 4.78 is 41.8. The zero-order valence-electron chi connectivity index (χ0n) is 11.7. The van der Waals surface area contributed by atoms with Gasteiger partial charge in [-0.2, -0.15) is 13.2 Å². The standard InChI is InChI=1S/C17H14F3NO/c18-17(19,20)16(14-9-5-2-6-10-14)11-15(21(22)12-16)13-7-3-1-4-8-13/h1-10H,11-12H2/t16-/m0/s1. The molecule has 0 saturated heterocycles. The summed E-state index contributed by atoms with van der Waals surface area (Å²) in [5.41, 5.74) is -1.29. The van der Waals surface area contributed by atoms with E-state index in [9.17, 15) is 18.4 Å². The van der Waals surface area contributed by atoms with Crippen LogP contribution in [0.15, 0.2) is 60.7 Å². The molecule has 0 bridgehead atoms. The van der Waals surface area contributed by atoms with Gasteiger partial charge < -0.3 is 5.21 Å². The maximum Gasteiger partial charge on any atom is 0.405 e. The molecule has 0 spiro atoms. The van der Waals surface area contributed by atoms with Gasteiger partial charge in [0, 0.05) is 5.56 Å². The van der Waals surface area contributed by atoms with Crippen LogP contribution in [0.1, 0.15) is 17.5 Å². The molecule has 1 atom stereocenters. The molecular weight excluding hydrogens is 291 g/mol. The molecule has 0 radical (unpaired) electrons. The van der Waals surface area contributed by atoms with E-state index in [0.717, 1.165) is 0 Å². The van der Waals surface area contributed by atoms with Crippen LogP contribution in [0.4, 0.5) is 13.2 Å². The van der Waals surface area contributed by atoms with E-state index < -0.39 is 18.1 Å². The van der Waals surface area contributed by atoms with Crippen LogP contribution in [0.25, 0.3) is 0 Å². The first kappa shape index (κ1) is 14.6. The zero-order chi connectivity index (χ0) is 15.8. The van der Waals surface area contributed by atoms with Gasteiger partial charge >= 0.3 is 6.18 Å². The van der Waals surface area contributed by atoms with Crippen molar-refractivity contribution >= 4 is 5.71 Å². The number of hydrogen-bond donors (Lipinski definition) is 0. The van der Waals surface area contributed by atoms with Crippen molar-refractivity contribution in [3.63, 3.8) is 0 Å². The van der Waals surface area contributed by atoms with Crippen LogP contribution >= 0.6 is 0 Å². The second-order valence-corrected chi connectivity index (χ2v) is 5.47. The number of halogens is 3. The quantitative estimate of drug-likeness (QED) is 0.610. The van der Waals surface area contributed by atoms with Crippen molar-refractivity contribution in [1.29, 1.82) is 0 Å². The van der Waals surface area contributed by atoms with Crippen molar-refractivity contribution in [3.8, 4) is 0 Å². The monoisotopic (exact) mass is 305 g/mol. The summed E-state index contributed by atoms with van der Waals surface area (Å²) >= 11 is 0. The maximum absolute atomic E-state index is 13.8. The van der Waals surface area contributed by atoms with E-state index in [1.165, 1.54) is 12.1 Å². The highest BCUT2D eigenvalue weighted by Crippen LogP contribution is 2.47. The van der Waals surface area contributed by atoms with E-state index in [0.29, 0.717) is 10.3 Å². The van der Waals surface area contributed by atoms with Gasteiger partial charge in [0.25, 0.3) is 0 Å². The van der Waals surface area contributed by atoms with Crippen molar-refractivity contribution in [2.45, 2.75) is 18.0 Å². The van der Waals surface area contributed by atoms with Crippen molar-refractivity contribution in [3.05, 3.63) is 77.0 Å². The van der Waals surface area contributed by atoms with Crippen molar-refractivity contribution in [2.24, 2.45) is 0 Å². The van der Waals surface area contributed by atoms with Crippen molar-refractivity contribution < 1.29 is 17.9 Å². The fourth-order valence-electron chi connectivity index (χ4n) is 2.95. The Balaban J connectivity index is 2.07. The van der Waals surface area contributed by atoms with Crippen LogP contribution in [-0.4, -0.2) is 23.2 Å². The van der Waals surface area contributed by atoms with Gasteiger partial charge in [-0.1, -0.05) is 48.5 Å². The largest absolute Gasteiger partial charge is 0.624 e. The average molecular weight is 305 g/mol. The number of alkyl halides is 3. The summed E-state index contributed by atoms with van der Waals surface area (Å²) in [4.78, 5) is 0. The molecular formula is C17H14F3NO. The third kappa shape index (κ3) is 2.26. The maximum atomic E-state index is 13.8. The van der Waals surface area contributed by atoms with Gasteiger partial charge in [-0.05, 0) is 17.7 Å². The molecule has 1 heterocycles. The van der Waals surface area contributed by atoms with Crippen molar-refractivity contribution in [2.75, 3.05) is 6.54 Å². The molecule has 2 aromatic carbocycles. The van der Waals surface area contributed by atoms with Gasteiger partial charge in [0.15, 0.2) is 17.7 Å². The third-order valence-corrected chi connectivity index (χ3v) is 4.16. The molecule has 114 valence electrons. The van der Waals surface area contributed by atoms with E-state index in [4.69, 9.17) is 0 Å². The van der Waals surface area contributed by atoms with Crippen LogP contribution in [-0.2, 0) is 5.41 Å². The molecule has 1 aliphatic rings. The molecule has 0 amide bonds. The van der Waals surface area contributed by atoms with E-state index in [-0.39, 0.29) is 17.7 Å². The predicted molar refractivity (Wildman–Crippen MR) is 77.8 cm³/mol. The number of hydroxylamine groups is 1. The zero-order valence-corrected chi connectivity index (χ0v) is 11.7. The predicted octanol–water partition coefficient (Wildman–Crippen LogP) is 3.89. The summed E-state index contributed by atoms with van der Waals surface area (Å²) in [6.07, 6.45) is -4.83. The first-order valence-electron chi connectivity index (χ1n) is 6.92. The normalized spacial score (nSPS) is 22.1. The Hall–Kier alpha value is -2.30. The summed E-state index contributed by atoms with van der Waals surface area (Å²) in [6, 6.07) is 16.2. The molecule has 2 aromatic rings. The highest BCUT2D eigenvalue weighted by atomic mass is 19.4. The molecule has 2 nitrogen and oxygen atoms in total. The summed E-state index contributed by atoms with van der Waals surface area (Å²) in [5.74, 6) is 0. The summed E-state index contributed by atoms with van der Waals surface area (Å²) in [5, 5.41) is 12.2. The van der Waals surface area contributed by atoms with Gasteiger partial charge in [-0.25, -0.2) is 4.74 Å². The Bertz CT molecular complexity index is 695. The van der Waals surface area contributed by atoms with Gasteiger partial charge in [-0.15, -0.1) is 0 Å². The lowest BCUT2D eigenvalue weighted by molar-refractivity contribution is -0.465. The minimum atomic E-state index is -4.49. The molecule has 0 N–H and O–H groups in total. The van der Waals surface area contributed by atoms with Crippen LogP contribution in [0.2, 0.25) is 0 Å². The lowest BCUT2D eigenvalue weighted by Gasteiger charge is -2.29. The Labute approximate surface area is 126 Å². The van der Waals surface area contributed by atoms with E-state index in [2.05, 4.69) is 0 Å². The highest BCUT2D eigenvalue weighted by Gasteiger charge is 2.62. The lowest BCUT2D eigenvalue weighted by Crippen LogP contribution is -2.44. The van der Waals surface area contributed by atoms with Gasteiger partial charge in [0.2, 0.25) is 0 Å². The minimum absolute atomic E-state index is 0.134. The Kier molecular flexibility index (Phi) is 3.43. The van der Waals surface area contributed by atoms with Gasteiger partial charge in [-0.3, -0.25) is 0 Å². The molecule has 5 heteroatoms. The topological polar surface area (TPSA) is 26.1 Å². The minimum Gasteiger partial charge on any atom is -0.624 e. The number of rotatable bonds is 2. The first-order chi connectivity index (χ1) is 10.4. The van der Waals surface area contributed by atoms with E-state index in [1.807, 2.05) is 0 Å². The number of nitrogens with zero attached hydrogens (tertiary/aromatic N) is 1. The van der Waals surface area contributed by atoms with Gasteiger partial charge in [0.05, 0.1) is 6.42 Å². The summed E-state index contributed by atoms with van der Waals surface area (Å²) in [7, 11) is 0. The molecule has 0 aliphatic carbocycles. The Morgan fingerprint density at radius 2 is 1.45 bits per heavy atom. The van der Waals surface area contributed by atoms with Crippen LogP contribution < -0.4 is 0 Å². The van der Waals surface area contributed by atoms with E-state index >= 15 is 0 Å². The second-order valence-electron chi connectivity index (χ2n) is 5.47. The third-order valence-electron chi connectivity index (χ3n) is 4.16. The van der Waals surface area contributed by atoms with E-state index in [1.54, 1.807) is 48.5 Å². The number of benzene rings is 2.